The molecule has 2 aromatic carbocycles. The van der Waals surface area contributed by atoms with Crippen LogP contribution in [-0.2, 0) is 14.3 Å². The lowest BCUT2D eigenvalue weighted by molar-refractivity contribution is -0.142. The van der Waals surface area contributed by atoms with Crippen LogP contribution in [-0.4, -0.2) is 41.8 Å². The van der Waals surface area contributed by atoms with E-state index in [1.807, 2.05) is 58.9 Å². The Balaban J connectivity index is 1.64. The van der Waals surface area contributed by atoms with Gasteiger partial charge in [-0.2, -0.15) is 0 Å². The molecule has 188 valence electrons. The minimum absolute atomic E-state index is 0.0461. The molecule has 0 spiro atoms. The van der Waals surface area contributed by atoms with Crippen molar-refractivity contribution < 1.29 is 24.2 Å². The van der Waals surface area contributed by atoms with E-state index in [1.165, 1.54) is 0 Å². The zero-order chi connectivity index (χ0) is 25.8. The van der Waals surface area contributed by atoms with E-state index in [0.29, 0.717) is 6.42 Å². The maximum Gasteiger partial charge on any atom is 0.407 e. The molecule has 35 heavy (non-hydrogen) atoms. The number of carboxylic acid groups (broad SMARTS) is 1. The number of nitrogens with one attached hydrogen (secondary N) is 2. The third-order valence-corrected chi connectivity index (χ3v) is 6.41. The van der Waals surface area contributed by atoms with E-state index in [4.69, 9.17) is 4.74 Å². The molecule has 0 bridgehead atoms. The summed E-state index contributed by atoms with van der Waals surface area (Å²) in [6, 6.07) is 14.7. The second kappa shape index (κ2) is 10.9. The first-order valence-corrected chi connectivity index (χ1v) is 12.1. The minimum atomic E-state index is -1.07. The van der Waals surface area contributed by atoms with Crippen molar-refractivity contribution in [3.8, 4) is 11.1 Å². The van der Waals surface area contributed by atoms with Gasteiger partial charge in [0.2, 0.25) is 5.91 Å². The van der Waals surface area contributed by atoms with Gasteiger partial charge in [-0.25, -0.2) is 9.59 Å². The van der Waals surface area contributed by atoms with E-state index in [1.54, 1.807) is 0 Å². The molecule has 1 aliphatic carbocycles. The molecule has 3 N–H and O–H groups in total. The van der Waals surface area contributed by atoms with Crippen LogP contribution in [0.2, 0.25) is 0 Å². The summed E-state index contributed by atoms with van der Waals surface area (Å²) >= 11 is 0. The Morgan fingerprint density at radius 3 is 1.97 bits per heavy atom. The van der Waals surface area contributed by atoms with E-state index >= 15 is 0 Å². The Kier molecular flexibility index (Phi) is 8.20. The molecule has 7 nitrogen and oxygen atoms in total. The molecule has 0 saturated heterocycles. The lowest BCUT2D eigenvalue weighted by Gasteiger charge is -2.31. The first-order chi connectivity index (χ1) is 16.5. The highest BCUT2D eigenvalue weighted by molar-refractivity contribution is 5.84. The number of carbonyl (C=O) groups is 3. The first-order valence-electron chi connectivity index (χ1n) is 12.1. The quantitative estimate of drug-likeness (QED) is 0.471. The van der Waals surface area contributed by atoms with E-state index in [9.17, 15) is 19.5 Å². The second-order valence-corrected chi connectivity index (χ2v) is 10.7. The van der Waals surface area contributed by atoms with Crippen LogP contribution >= 0.6 is 0 Å². The number of ether oxygens (including phenoxy) is 1. The molecule has 0 radical (unpaired) electrons. The van der Waals surface area contributed by atoms with Crippen molar-refractivity contribution in [1.29, 1.82) is 0 Å². The topological polar surface area (TPSA) is 105 Å². The summed E-state index contributed by atoms with van der Waals surface area (Å²) in [5, 5.41) is 14.8. The van der Waals surface area contributed by atoms with Gasteiger partial charge in [0.1, 0.15) is 12.6 Å². The van der Waals surface area contributed by atoms with Gasteiger partial charge >= 0.3 is 12.1 Å². The molecule has 1 aliphatic rings. The average Bonchev–Trinajstić information content (AvgIpc) is 3.09. The van der Waals surface area contributed by atoms with Crippen molar-refractivity contribution in [2.45, 2.75) is 65.5 Å². The number of rotatable bonds is 9. The smallest absolute Gasteiger partial charge is 0.407 e. The van der Waals surface area contributed by atoms with Gasteiger partial charge in [0.25, 0.3) is 0 Å². The number of amides is 2. The van der Waals surface area contributed by atoms with E-state index in [2.05, 4.69) is 34.9 Å². The van der Waals surface area contributed by atoms with Crippen molar-refractivity contribution in [2.75, 3.05) is 6.61 Å². The third kappa shape index (κ3) is 6.62. The number of fused-ring (bicyclic) bond motifs is 3. The van der Waals surface area contributed by atoms with Crippen LogP contribution in [0.25, 0.3) is 11.1 Å². The molecule has 0 fully saturated rings. The fraction of sp³-hybridized carbons (Fsp3) is 0.464. The van der Waals surface area contributed by atoms with Crippen LogP contribution in [0.3, 0.4) is 0 Å². The largest absolute Gasteiger partial charge is 0.480 e. The van der Waals surface area contributed by atoms with Crippen LogP contribution in [0.4, 0.5) is 4.79 Å². The van der Waals surface area contributed by atoms with Gasteiger partial charge in [0.05, 0.1) is 0 Å². The summed E-state index contributed by atoms with van der Waals surface area (Å²) in [6.07, 6.45) is -0.312. The Morgan fingerprint density at radius 2 is 1.49 bits per heavy atom. The van der Waals surface area contributed by atoms with Crippen LogP contribution in [0.5, 0.6) is 0 Å². The molecule has 0 aliphatic heterocycles. The monoisotopic (exact) mass is 480 g/mol. The van der Waals surface area contributed by atoms with Gasteiger partial charge in [0.15, 0.2) is 0 Å². The van der Waals surface area contributed by atoms with E-state index in [-0.39, 0.29) is 24.9 Å². The second-order valence-electron chi connectivity index (χ2n) is 10.7. The standard InChI is InChI=1S/C28H36N2O5/c1-17(2)14-23(26(32)33)29-25(31)15-24(28(3,4)5)30-27(34)35-16-22-20-12-8-6-10-18(20)19-11-7-9-13-21(19)22/h6-13,17,22-24H,14-16H2,1-5H3,(H,29,31)(H,30,34)(H,32,33). The van der Waals surface area contributed by atoms with Gasteiger partial charge in [-0.3, -0.25) is 4.79 Å². The maximum atomic E-state index is 12.8. The number of carbonyl (C=O) groups excluding carboxylic acids is 2. The molecule has 0 heterocycles. The normalized spacial score (nSPS) is 14.6. The minimum Gasteiger partial charge on any atom is -0.480 e. The highest BCUT2D eigenvalue weighted by atomic mass is 16.5. The number of hydrogen-bond acceptors (Lipinski definition) is 4. The van der Waals surface area contributed by atoms with Crippen molar-refractivity contribution in [1.82, 2.24) is 10.6 Å². The number of hydrogen-bond donors (Lipinski definition) is 3. The van der Waals surface area contributed by atoms with Gasteiger partial charge in [0, 0.05) is 18.4 Å². The predicted octanol–water partition coefficient (Wildman–Crippen LogP) is 4.95. The van der Waals surface area contributed by atoms with E-state index < -0.39 is 35.5 Å². The third-order valence-electron chi connectivity index (χ3n) is 6.41. The van der Waals surface area contributed by atoms with Gasteiger partial charge < -0.3 is 20.5 Å². The molecule has 2 unspecified atom stereocenters. The summed E-state index contributed by atoms with van der Waals surface area (Å²) in [6.45, 7) is 9.72. The van der Waals surface area contributed by atoms with Crippen LogP contribution in [0.1, 0.15) is 64.5 Å². The Bertz CT molecular complexity index is 1030. The zero-order valence-electron chi connectivity index (χ0n) is 21.1. The average molecular weight is 481 g/mol. The number of benzene rings is 2. The SMILES string of the molecule is CC(C)CC(NC(=O)CC(NC(=O)OCC1c2ccccc2-c2ccccc21)C(C)(C)C)C(=O)O. The fourth-order valence-corrected chi connectivity index (χ4v) is 4.49. The number of carboxylic acids is 1. The molecular formula is C28H36N2O5. The summed E-state index contributed by atoms with van der Waals surface area (Å²) in [5.41, 5.74) is 4.10. The highest BCUT2D eigenvalue weighted by Gasteiger charge is 2.32. The summed E-state index contributed by atoms with van der Waals surface area (Å²) in [7, 11) is 0. The fourth-order valence-electron chi connectivity index (χ4n) is 4.49. The highest BCUT2D eigenvalue weighted by Crippen LogP contribution is 2.44. The molecule has 0 saturated carbocycles. The lowest BCUT2D eigenvalue weighted by Crippen LogP contribution is -2.49. The summed E-state index contributed by atoms with van der Waals surface area (Å²) in [4.78, 5) is 36.9. The number of alkyl carbamates (subject to hydrolysis) is 1. The molecule has 3 rings (SSSR count). The van der Waals surface area contributed by atoms with Crippen molar-refractivity contribution in [2.24, 2.45) is 11.3 Å². The van der Waals surface area contributed by atoms with Crippen molar-refractivity contribution in [3.05, 3.63) is 59.7 Å². The Hall–Kier alpha value is -3.35. The molecule has 2 atom stereocenters. The van der Waals surface area contributed by atoms with Crippen LogP contribution in [0, 0.1) is 11.3 Å². The first kappa shape index (κ1) is 26.3. The molecule has 2 amide bonds. The van der Waals surface area contributed by atoms with Crippen molar-refractivity contribution in [3.63, 3.8) is 0 Å². The molecular weight excluding hydrogens is 444 g/mol. The maximum absolute atomic E-state index is 12.8. The predicted molar refractivity (Wildman–Crippen MR) is 135 cm³/mol. The summed E-state index contributed by atoms with van der Waals surface area (Å²) < 4.78 is 5.64. The van der Waals surface area contributed by atoms with Gasteiger partial charge in [-0.15, -0.1) is 0 Å². The molecule has 0 aromatic heterocycles. The van der Waals surface area contributed by atoms with E-state index in [0.717, 1.165) is 22.3 Å². The number of aliphatic carboxylic acids is 1. The lowest BCUT2D eigenvalue weighted by atomic mass is 9.84. The van der Waals surface area contributed by atoms with Crippen LogP contribution < -0.4 is 10.6 Å². The van der Waals surface area contributed by atoms with Crippen molar-refractivity contribution >= 4 is 18.0 Å². The Morgan fingerprint density at radius 1 is 0.943 bits per heavy atom. The Labute approximate surface area is 207 Å². The molecule has 2 aromatic rings. The van der Waals surface area contributed by atoms with Gasteiger partial charge in [-0.1, -0.05) is 83.1 Å². The summed E-state index contributed by atoms with van der Waals surface area (Å²) in [5.74, 6) is -1.42. The molecule has 7 heteroatoms. The van der Waals surface area contributed by atoms with Crippen LogP contribution in [0.15, 0.2) is 48.5 Å². The van der Waals surface area contributed by atoms with Gasteiger partial charge in [-0.05, 0) is 40.0 Å². The zero-order valence-corrected chi connectivity index (χ0v) is 21.1.